The van der Waals surface area contributed by atoms with Gasteiger partial charge in [0.15, 0.2) is 5.60 Å². The Kier molecular flexibility index (Phi) is 7.22. The predicted octanol–water partition coefficient (Wildman–Crippen LogP) is 4.67. The Bertz CT molecular complexity index is 1550. The number of carbonyl (C=O) groups excluding carboxylic acids is 3. The van der Waals surface area contributed by atoms with Crippen LogP contribution in [0.25, 0.3) is 6.08 Å². The summed E-state index contributed by atoms with van der Waals surface area (Å²) >= 11 is 0. The quantitative estimate of drug-likeness (QED) is 0.245. The van der Waals surface area contributed by atoms with Gasteiger partial charge in [0.25, 0.3) is 0 Å². The number of cyclic esters (lactones) is 1. The van der Waals surface area contributed by atoms with Crippen molar-refractivity contribution in [2.75, 3.05) is 13.2 Å². The second-order valence-electron chi connectivity index (χ2n) is 12.2. The summed E-state index contributed by atoms with van der Waals surface area (Å²) in [5.74, 6) is -0.237. The van der Waals surface area contributed by atoms with Crippen LogP contribution in [0.4, 0.5) is 0 Å². The van der Waals surface area contributed by atoms with Gasteiger partial charge in [-0.05, 0) is 59.7 Å². The molecule has 0 saturated heterocycles. The van der Waals surface area contributed by atoms with Crippen molar-refractivity contribution >= 4 is 31.9 Å². The molecule has 4 heterocycles. The summed E-state index contributed by atoms with van der Waals surface area (Å²) in [6.07, 6.45) is 5.76. The lowest BCUT2D eigenvalue weighted by molar-refractivity contribution is -0.163. The third-order valence-corrected chi connectivity index (χ3v) is 12.3. The highest BCUT2D eigenvalue weighted by molar-refractivity contribution is 6.77. The van der Waals surface area contributed by atoms with Crippen LogP contribution in [0.1, 0.15) is 53.4 Å². The van der Waals surface area contributed by atoms with Crippen molar-refractivity contribution < 1.29 is 33.4 Å². The summed E-state index contributed by atoms with van der Waals surface area (Å²) in [6, 6.07) is 11.8. The molecule has 3 aliphatic heterocycles. The van der Waals surface area contributed by atoms with E-state index in [1.807, 2.05) is 4.90 Å². The number of ether oxygens (including phenoxy) is 2. The Morgan fingerprint density at radius 3 is 2.79 bits per heavy atom. The molecule has 42 heavy (non-hydrogen) atoms. The third-order valence-electron chi connectivity index (χ3n) is 8.97. The van der Waals surface area contributed by atoms with Gasteiger partial charge in [-0.15, -0.1) is 0 Å². The van der Waals surface area contributed by atoms with Gasteiger partial charge in [-0.3, -0.25) is 4.79 Å². The molecule has 1 unspecified atom stereocenters. The topological polar surface area (TPSA) is 118 Å². The van der Waals surface area contributed by atoms with Crippen LogP contribution in [0.2, 0.25) is 25.2 Å². The molecule has 1 aliphatic carbocycles. The highest BCUT2D eigenvalue weighted by atomic mass is 28.3. The number of carbonyl (C=O) groups is 3. The number of allylic oxidation sites excluding steroid dienone is 2. The number of hydrogen-bond donors (Lipinski definition) is 2. The fourth-order valence-corrected chi connectivity index (χ4v) is 8.68. The van der Waals surface area contributed by atoms with Crippen LogP contribution in [0.3, 0.4) is 0 Å². The van der Waals surface area contributed by atoms with Crippen LogP contribution >= 0.6 is 0 Å². The number of esters is 2. The zero-order valence-electron chi connectivity index (χ0n) is 24.2. The summed E-state index contributed by atoms with van der Waals surface area (Å²) in [6.45, 7) is 7.31. The third kappa shape index (κ3) is 4.92. The lowest BCUT2D eigenvalue weighted by Crippen LogP contribution is -2.48. The SMILES string of the molecule is CCC1(O)C(=O)OCC2=C1CC1=C(C2=O)N2Cc3c(cccc3CC[Si](C)(C)CCCOC(=O)c3ccco3)C=C2N1. The summed E-state index contributed by atoms with van der Waals surface area (Å²) in [5, 5.41) is 14.5. The van der Waals surface area contributed by atoms with Gasteiger partial charge in [-0.25, -0.2) is 9.59 Å². The van der Waals surface area contributed by atoms with Crippen molar-refractivity contribution in [2.45, 2.75) is 69.9 Å². The van der Waals surface area contributed by atoms with Crippen molar-refractivity contribution in [1.29, 1.82) is 0 Å². The molecule has 0 radical (unpaired) electrons. The van der Waals surface area contributed by atoms with Crippen LogP contribution < -0.4 is 5.32 Å². The first-order chi connectivity index (χ1) is 20.1. The van der Waals surface area contributed by atoms with Gasteiger partial charge in [0.2, 0.25) is 11.5 Å². The largest absolute Gasteiger partial charge is 0.460 e. The number of rotatable bonds is 9. The second-order valence-corrected chi connectivity index (χ2v) is 17.5. The van der Waals surface area contributed by atoms with Crippen LogP contribution in [-0.2, 0) is 32.0 Å². The molecule has 1 aromatic carbocycles. The van der Waals surface area contributed by atoms with E-state index in [1.54, 1.807) is 19.1 Å². The summed E-state index contributed by atoms with van der Waals surface area (Å²) in [5.41, 5.74) is 4.00. The maximum atomic E-state index is 13.7. The number of benzene rings is 1. The number of Topliss-reactive ketones (excluding diaryl/α,β-unsaturated/α-hetero) is 1. The summed E-state index contributed by atoms with van der Waals surface area (Å²) in [7, 11) is -1.57. The molecule has 220 valence electrons. The fourth-order valence-electron chi connectivity index (χ4n) is 6.38. The molecule has 4 aliphatic rings. The molecule has 0 fully saturated rings. The normalized spacial score (nSPS) is 21.2. The highest BCUT2D eigenvalue weighted by Gasteiger charge is 2.51. The number of aliphatic hydroxyl groups is 1. The van der Waals surface area contributed by atoms with E-state index < -0.39 is 25.6 Å². The van der Waals surface area contributed by atoms with Gasteiger partial charge in [0.1, 0.15) is 18.1 Å². The molecule has 2 N–H and O–H groups in total. The van der Waals surface area contributed by atoms with E-state index in [2.05, 4.69) is 42.7 Å². The summed E-state index contributed by atoms with van der Waals surface area (Å²) < 4.78 is 15.7. The minimum atomic E-state index is -1.77. The van der Waals surface area contributed by atoms with E-state index in [4.69, 9.17) is 13.9 Å². The molecule has 1 atom stereocenters. The van der Waals surface area contributed by atoms with Crippen LogP contribution in [-0.4, -0.2) is 54.6 Å². The number of nitrogens with zero attached hydrogens (tertiary/aromatic N) is 1. The van der Waals surface area contributed by atoms with Gasteiger partial charge in [0, 0.05) is 25.8 Å². The Hall–Kier alpha value is -3.89. The first-order valence-corrected chi connectivity index (χ1v) is 18.0. The Balaban J connectivity index is 1.12. The fraction of sp³-hybridized carbons (Fsp3) is 0.406. The van der Waals surface area contributed by atoms with E-state index in [0.29, 0.717) is 36.4 Å². The monoisotopic (exact) mass is 588 g/mol. The Labute approximate surface area is 245 Å². The molecular formula is C32H36N2O7Si. The number of ketones is 1. The van der Waals surface area contributed by atoms with E-state index in [0.717, 1.165) is 42.0 Å². The van der Waals surface area contributed by atoms with Crippen molar-refractivity contribution in [3.8, 4) is 0 Å². The van der Waals surface area contributed by atoms with Crippen LogP contribution in [0, 0.1) is 0 Å². The van der Waals surface area contributed by atoms with Crippen molar-refractivity contribution in [3.05, 3.63) is 87.4 Å². The first kappa shape index (κ1) is 28.2. The Morgan fingerprint density at radius 2 is 2.02 bits per heavy atom. The molecule has 10 heteroatoms. The molecular weight excluding hydrogens is 552 g/mol. The summed E-state index contributed by atoms with van der Waals surface area (Å²) in [4.78, 5) is 40.2. The maximum absolute atomic E-state index is 13.7. The number of furan rings is 1. The number of aryl methyl sites for hydroxylation is 1. The van der Waals surface area contributed by atoms with Gasteiger partial charge < -0.3 is 29.2 Å². The minimum Gasteiger partial charge on any atom is -0.460 e. The van der Waals surface area contributed by atoms with E-state index in [-0.39, 0.29) is 24.6 Å². The average molecular weight is 589 g/mol. The van der Waals surface area contributed by atoms with Gasteiger partial charge in [-0.1, -0.05) is 50.3 Å². The molecule has 2 aromatic rings. The van der Waals surface area contributed by atoms with Gasteiger partial charge in [0.05, 0.1) is 19.4 Å². The molecule has 0 saturated carbocycles. The molecule has 0 bridgehead atoms. The smallest absolute Gasteiger partial charge is 0.374 e. The van der Waals surface area contributed by atoms with Crippen LogP contribution in [0.15, 0.2) is 69.4 Å². The van der Waals surface area contributed by atoms with Crippen molar-refractivity contribution in [2.24, 2.45) is 0 Å². The molecule has 9 nitrogen and oxygen atoms in total. The number of nitrogens with one attached hydrogen (secondary N) is 1. The van der Waals surface area contributed by atoms with Gasteiger partial charge in [-0.2, -0.15) is 0 Å². The Morgan fingerprint density at radius 1 is 1.19 bits per heavy atom. The lowest BCUT2D eigenvalue weighted by atomic mass is 9.78. The number of fused-ring (bicyclic) bond motifs is 3. The number of hydrogen-bond acceptors (Lipinski definition) is 9. The van der Waals surface area contributed by atoms with E-state index in [9.17, 15) is 19.5 Å². The maximum Gasteiger partial charge on any atom is 0.374 e. The standard InChI is InChI=1S/C32H36N2O7Si/c1-4-32(38)24-17-25-28(29(35)23(24)19-41-31(32)37)34-18-22-20(8-5-9-21(22)16-27(34)33-25)11-15-42(2,3)14-7-13-40-30(36)26-10-6-12-39-26/h5-6,8-10,12,16,33,38H,4,7,11,13-15,17-19H2,1-3H3. The van der Waals surface area contributed by atoms with Crippen molar-refractivity contribution in [1.82, 2.24) is 10.2 Å². The predicted molar refractivity (Wildman–Crippen MR) is 157 cm³/mol. The molecule has 6 rings (SSSR count). The first-order valence-electron chi connectivity index (χ1n) is 14.6. The lowest BCUT2D eigenvalue weighted by Gasteiger charge is -2.36. The average Bonchev–Trinajstić information content (AvgIpc) is 3.64. The molecule has 1 aromatic heterocycles. The van der Waals surface area contributed by atoms with Crippen molar-refractivity contribution in [3.63, 3.8) is 0 Å². The van der Waals surface area contributed by atoms with E-state index in [1.165, 1.54) is 17.4 Å². The van der Waals surface area contributed by atoms with Gasteiger partial charge >= 0.3 is 11.9 Å². The van der Waals surface area contributed by atoms with E-state index >= 15 is 0 Å². The molecule has 0 amide bonds. The zero-order valence-corrected chi connectivity index (χ0v) is 25.2. The van der Waals surface area contributed by atoms with Crippen LogP contribution in [0.5, 0.6) is 0 Å². The zero-order chi connectivity index (χ0) is 29.6. The minimum absolute atomic E-state index is 0.109. The second kappa shape index (κ2) is 10.7. The highest BCUT2D eigenvalue weighted by Crippen LogP contribution is 2.44. The molecule has 0 spiro atoms.